The summed E-state index contributed by atoms with van der Waals surface area (Å²) in [6.45, 7) is 1.40. The molecular weight excluding hydrogens is 362 g/mol. The Hall–Kier alpha value is -3.54. The maximum Gasteiger partial charge on any atom is 0.272 e. The number of nitrogens with zero attached hydrogens (tertiary/aromatic N) is 5. The SMILES string of the molecule is O=C(c1ccccn1)N1CCC(c2nc3ccc(-c4ccccc4)cn3n2)CC1. The number of fused-ring (bicyclic) bond motifs is 1. The molecule has 0 atom stereocenters. The van der Waals surface area contributed by atoms with Crippen molar-refractivity contribution in [1.29, 1.82) is 0 Å². The second kappa shape index (κ2) is 7.47. The van der Waals surface area contributed by atoms with Crippen LogP contribution in [0.4, 0.5) is 0 Å². The lowest BCUT2D eigenvalue weighted by atomic mass is 9.96. The number of likely N-dealkylation sites (tertiary alicyclic amines) is 1. The number of rotatable bonds is 3. The quantitative estimate of drug-likeness (QED) is 0.540. The summed E-state index contributed by atoms with van der Waals surface area (Å²) in [5, 5.41) is 4.74. The summed E-state index contributed by atoms with van der Waals surface area (Å²) >= 11 is 0. The third kappa shape index (κ3) is 3.49. The van der Waals surface area contributed by atoms with Gasteiger partial charge in [0, 0.05) is 37.0 Å². The summed E-state index contributed by atoms with van der Waals surface area (Å²) in [5.74, 6) is 1.13. The third-order valence-corrected chi connectivity index (χ3v) is 5.49. The monoisotopic (exact) mass is 383 g/mol. The Kier molecular flexibility index (Phi) is 4.52. The molecule has 0 radical (unpaired) electrons. The first-order chi connectivity index (χ1) is 14.3. The van der Waals surface area contributed by atoms with E-state index in [1.807, 2.05) is 52.0 Å². The van der Waals surface area contributed by atoms with E-state index in [0.29, 0.717) is 18.8 Å². The number of piperidine rings is 1. The average molecular weight is 383 g/mol. The zero-order valence-corrected chi connectivity index (χ0v) is 16.0. The molecule has 0 saturated carbocycles. The second-order valence-corrected chi connectivity index (χ2v) is 7.34. The lowest BCUT2D eigenvalue weighted by Gasteiger charge is -2.30. The van der Waals surface area contributed by atoms with Crippen molar-refractivity contribution in [3.8, 4) is 11.1 Å². The van der Waals surface area contributed by atoms with E-state index in [1.165, 1.54) is 0 Å². The molecule has 6 nitrogen and oxygen atoms in total. The molecule has 0 aliphatic carbocycles. The Labute approximate surface area is 168 Å². The first-order valence-electron chi connectivity index (χ1n) is 9.90. The van der Waals surface area contributed by atoms with Gasteiger partial charge in [-0.05, 0) is 42.7 Å². The van der Waals surface area contributed by atoms with Crippen LogP contribution in [0.1, 0.15) is 35.1 Å². The highest BCUT2D eigenvalue weighted by molar-refractivity contribution is 5.92. The van der Waals surface area contributed by atoms with Gasteiger partial charge in [0.15, 0.2) is 11.5 Å². The van der Waals surface area contributed by atoms with Crippen molar-refractivity contribution in [2.75, 3.05) is 13.1 Å². The minimum absolute atomic E-state index is 0.000450. The van der Waals surface area contributed by atoms with Gasteiger partial charge in [0.1, 0.15) is 5.69 Å². The Morgan fingerprint density at radius 2 is 1.69 bits per heavy atom. The predicted molar refractivity (Wildman–Crippen MR) is 111 cm³/mol. The highest BCUT2D eigenvalue weighted by Crippen LogP contribution is 2.27. The van der Waals surface area contributed by atoms with Gasteiger partial charge in [0.2, 0.25) is 0 Å². The second-order valence-electron chi connectivity index (χ2n) is 7.34. The number of pyridine rings is 2. The van der Waals surface area contributed by atoms with E-state index in [1.54, 1.807) is 12.3 Å². The van der Waals surface area contributed by atoms with E-state index in [-0.39, 0.29) is 11.8 Å². The molecule has 1 amide bonds. The van der Waals surface area contributed by atoms with Crippen LogP contribution < -0.4 is 0 Å². The Morgan fingerprint density at radius 1 is 0.897 bits per heavy atom. The predicted octanol–water partition coefficient (Wildman–Crippen LogP) is 3.81. The molecular formula is C23H21N5O. The van der Waals surface area contributed by atoms with Crippen LogP contribution in [0.25, 0.3) is 16.8 Å². The van der Waals surface area contributed by atoms with Crippen molar-refractivity contribution in [3.05, 3.63) is 84.6 Å². The van der Waals surface area contributed by atoms with Crippen molar-refractivity contribution in [3.63, 3.8) is 0 Å². The summed E-state index contributed by atoms with van der Waals surface area (Å²) in [4.78, 5) is 23.4. The number of benzene rings is 1. The average Bonchev–Trinajstić information content (AvgIpc) is 3.23. The van der Waals surface area contributed by atoms with Crippen LogP contribution in [0.5, 0.6) is 0 Å². The summed E-state index contributed by atoms with van der Waals surface area (Å²) in [5.41, 5.74) is 3.63. The van der Waals surface area contributed by atoms with Gasteiger partial charge in [-0.2, -0.15) is 5.10 Å². The van der Waals surface area contributed by atoms with Gasteiger partial charge in [0.25, 0.3) is 5.91 Å². The van der Waals surface area contributed by atoms with E-state index in [0.717, 1.165) is 35.4 Å². The molecule has 0 unspecified atom stereocenters. The summed E-state index contributed by atoms with van der Waals surface area (Å²) < 4.78 is 1.86. The number of hydrogen-bond acceptors (Lipinski definition) is 4. The fourth-order valence-electron chi connectivity index (χ4n) is 3.87. The lowest BCUT2D eigenvalue weighted by Crippen LogP contribution is -2.38. The summed E-state index contributed by atoms with van der Waals surface area (Å²) in [7, 11) is 0. The Morgan fingerprint density at radius 3 is 2.45 bits per heavy atom. The zero-order chi connectivity index (χ0) is 19.6. The molecule has 1 aliphatic rings. The minimum atomic E-state index is -0.000450. The van der Waals surface area contributed by atoms with E-state index in [4.69, 9.17) is 10.1 Å². The van der Waals surface area contributed by atoms with Crippen molar-refractivity contribution in [2.45, 2.75) is 18.8 Å². The number of carbonyl (C=O) groups excluding carboxylic acids is 1. The van der Waals surface area contributed by atoms with Crippen LogP contribution in [-0.4, -0.2) is 43.5 Å². The first kappa shape index (κ1) is 17.6. The molecule has 1 aromatic carbocycles. The van der Waals surface area contributed by atoms with Crippen LogP contribution in [0.2, 0.25) is 0 Å². The van der Waals surface area contributed by atoms with E-state index in [2.05, 4.69) is 23.2 Å². The fourth-order valence-corrected chi connectivity index (χ4v) is 3.87. The van der Waals surface area contributed by atoms with Crippen molar-refractivity contribution in [2.24, 2.45) is 0 Å². The number of hydrogen-bond donors (Lipinski definition) is 0. The fraction of sp³-hybridized carbons (Fsp3) is 0.217. The van der Waals surface area contributed by atoms with E-state index >= 15 is 0 Å². The van der Waals surface area contributed by atoms with Gasteiger partial charge in [-0.1, -0.05) is 36.4 Å². The van der Waals surface area contributed by atoms with Gasteiger partial charge in [-0.15, -0.1) is 0 Å². The Balaban J connectivity index is 1.31. The number of aromatic nitrogens is 4. The van der Waals surface area contributed by atoms with Crippen molar-refractivity contribution < 1.29 is 4.79 Å². The van der Waals surface area contributed by atoms with Gasteiger partial charge in [-0.25, -0.2) is 9.50 Å². The van der Waals surface area contributed by atoms with Gasteiger partial charge >= 0.3 is 0 Å². The van der Waals surface area contributed by atoms with Crippen molar-refractivity contribution >= 4 is 11.6 Å². The highest BCUT2D eigenvalue weighted by Gasteiger charge is 2.27. The molecule has 0 spiro atoms. The third-order valence-electron chi connectivity index (χ3n) is 5.49. The molecule has 29 heavy (non-hydrogen) atoms. The molecule has 144 valence electrons. The lowest BCUT2D eigenvalue weighted by molar-refractivity contribution is 0.0705. The minimum Gasteiger partial charge on any atom is -0.337 e. The molecule has 1 fully saturated rings. The van der Waals surface area contributed by atoms with Gasteiger partial charge in [-0.3, -0.25) is 9.78 Å². The normalized spacial score (nSPS) is 15.0. The van der Waals surface area contributed by atoms with Crippen LogP contribution in [0.15, 0.2) is 73.1 Å². The van der Waals surface area contributed by atoms with E-state index in [9.17, 15) is 4.79 Å². The molecule has 3 aromatic heterocycles. The molecule has 0 bridgehead atoms. The Bertz CT molecular complexity index is 1130. The largest absolute Gasteiger partial charge is 0.337 e. The number of amides is 1. The molecule has 4 heterocycles. The van der Waals surface area contributed by atoms with Gasteiger partial charge in [0.05, 0.1) is 0 Å². The molecule has 1 saturated heterocycles. The standard InChI is InChI=1S/C23H21N5O/c29-23(20-8-4-5-13-24-20)27-14-11-18(12-15-27)22-25-21-10-9-19(16-28(21)26-22)17-6-2-1-3-7-17/h1-10,13,16,18H,11-12,14-15H2. The van der Waals surface area contributed by atoms with Crippen molar-refractivity contribution in [1.82, 2.24) is 24.5 Å². The van der Waals surface area contributed by atoms with Crippen LogP contribution in [0.3, 0.4) is 0 Å². The molecule has 0 N–H and O–H groups in total. The molecule has 1 aliphatic heterocycles. The number of carbonyl (C=O) groups is 1. The zero-order valence-electron chi connectivity index (χ0n) is 16.0. The van der Waals surface area contributed by atoms with E-state index < -0.39 is 0 Å². The van der Waals surface area contributed by atoms with Crippen LogP contribution >= 0.6 is 0 Å². The topological polar surface area (TPSA) is 63.4 Å². The summed E-state index contributed by atoms with van der Waals surface area (Å²) in [6.07, 6.45) is 5.41. The maximum atomic E-state index is 12.6. The summed E-state index contributed by atoms with van der Waals surface area (Å²) in [6, 6.07) is 19.8. The smallest absolute Gasteiger partial charge is 0.272 e. The molecule has 5 rings (SSSR count). The first-order valence-corrected chi connectivity index (χ1v) is 9.90. The van der Waals surface area contributed by atoms with Crippen LogP contribution in [-0.2, 0) is 0 Å². The van der Waals surface area contributed by atoms with Crippen LogP contribution in [0, 0.1) is 0 Å². The molecule has 4 aromatic rings. The van der Waals surface area contributed by atoms with Gasteiger partial charge < -0.3 is 4.90 Å². The highest BCUT2D eigenvalue weighted by atomic mass is 16.2. The molecule has 6 heteroatoms. The maximum absolute atomic E-state index is 12.6.